The Morgan fingerprint density at radius 3 is 1.51 bits per heavy atom. The number of hydrogen-bond acceptors (Lipinski definition) is 14. The molecule has 0 spiro atoms. The maximum absolute atomic E-state index is 14.2. The summed E-state index contributed by atoms with van der Waals surface area (Å²) in [5.74, 6) is -14.2. The topological polar surface area (TPSA) is 289 Å². The van der Waals surface area contributed by atoms with Gasteiger partial charge in [-0.15, -0.1) is 0 Å². The molecule has 4 atom stereocenters. The molecule has 0 radical (unpaired) electrons. The van der Waals surface area contributed by atoms with Gasteiger partial charge in [-0.3, -0.25) is 4.79 Å². The van der Waals surface area contributed by atoms with Crippen LogP contribution >= 0.6 is 0 Å². The molecule has 0 aliphatic heterocycles. The average Bonchev–Trinajstić information content (AvgIpc) is 3.08. The van der Waals surface area contributed by atoms with Crippen LogP contribution < -0.4 is 29.6 Å². The molecule has 0 heterocycles. The Balaban J connectivity index is 0.00000627. The van der Waals surface area contributed by atoms with Crippen molar-refractivity contribution >= 4 is 30.0 Å². The summed E-state index contributed by atoms with van der Waals surface area (Å²) in [6.45, 7) is 0. The number of phenolic OH excluding ortho intramolecular Hbond substituents is 8. The van der Waals surface area contributed by atoms with Gasteiger partial charge in [0.25, 0.3) is 0 Å². The number of aliphatic carboxylic acids is 2. The number of esters is 2. The van der Waals surface area contributed by atoms with Crippen LogP contribution in [0.3, 0.4) is 0 Å². The molecule has 5 rings (SSSR count). The smallest absolute Gasteiger partial charge is 0.504 e. The maximum atomic E-state index is 14.2. The number of ether oxygens (including phenoxy) is 2. The number of benzene rings is 4. The molecule has 0 saturated heterocycles. The summed E-state index contributed by atoms with van der Waals surface area (Å²) in [4.78, 5) is 52.7. The van der Waals surface area contributed by atoms with Gasteiger partial charge in [0.1, 0.15) is 0 Å². The van der Waals surface area contributed by atoms with Crippen molar-refractivity contribution in [2.45, 2.75) is 31.0 Å². The number of carbonyl (C=O) groups is 4. The molecule has 1 aliphatic rings. The first kappa shape index (κ1) is 39.7. The van der Waals surface area contributed by atoms with Gasteiger partial charge in [-0.1, -0.05) is 18.2 Å². The summed E-state index contributed by atoms with van der Waals surface area (Å²) < 4.78 is 10.8. The third kappa shape index (κ3) is 8.69. The van der Waals surface area contributed by atoms with E-state index in [1.165, 1.54) is 18.2 Å². The monoisotopic (exact) mass is 741 g/mol. The van der Waals surface area contributed by atoms with Crippen molar-refractivity contribution < 1.29 is 109 Å². The fraction of sp³-hybridized carbons (Fsp3) is 0.167. The van der Waals surface area contributed by atoms with E-state index in [1.807, 2.05) is 0 Å². The van der Waals surface area contributed by atoms with Crippen LogP contribution in [0.25, 0.3) is 6.08 Å². The van der Waals surface area contributed by atoms with Gasteiger partial charge < -0.3 is 60.5 Å². The van der Waals surface area contributed by atoms with Crippen molar-refractivity contribution in [3.05, 3.63) is 100 Å². The molecule has 0 fully saturated rings. The van der Waals surface area contributed by atoms with Gasteiger partial charge in [0.05, 0.1) is 11.5 Å². The second kappa shape index (κ2) is 16.1. The second-order valence-electron chi connectivity index (χ2n) is 11.8. The zero-order valence-electron chi connectivity index (χ0n) is 27.6. The fourth-order valence-corrected chi connectivity index (χ4v) is 5.76. The molecule has 10 N–H and O–H groups in total. The number of rotatable bonds is 11. The molecular formula is C36H30NaO16+. The molecule has 4 aromatic carbocycles. The molecule has 270 valence electrons. The van der Waals surface area contributed by atoms with Crippen molar-refractivity contribution in [3.8, 4) is 46.0 Å². The first-order chi connectivity index (χ1) is 24.5. The Morgan fingerprint density at radius 2 is 1.02 bits per heavy atom. The molecular weight excluding hydrogens is 711 g/mol. The van der Waals surface area contributed by atoms with E-state index < -0.39 is 112 Å². The SMILES string of the molecule is O=C(O[C@H](Cc1ccc(O)c(O)c1)C(=O)O)C1=Cc2cc(O)c(O)cc2[C@@H](c2ccc(O)c(O)c2)[C@@H]1C(=O)O[C@H](Cc1ccc(O)c(O)c1)C(=O)O.[Na+]. The van der Waals surface area contributed by atoms with Crippen LogP contribution in [0.4, 0.5) is 0 Å². The number of carboxylic acid groups (broad SMARTS) is 2. The molecule has 0 aromatic heterocycles. The predicted octanol–water partition coefficient (Wildman–Crippen LogP) is -0.0413. The van der Waals surface area contributed by atoms with E-state index in [9.17, 15) is 70.2 Å². The third-order valence-corrected chi connectivity index (χ3v) is 8.32. The van der Waals surface area contributed by atoms with E-state index in [0.717, 1.165) is 54.6 Å². The third-order valence-electron chi connectivity index (χ3n) is 8.32. The van der Waals surface area contributed by atoms with Crippen molar-refractivity contribution in [2.24, 2.45) is 5.92 Å². The minimum absolute atomic E-state index is 0. The standard InChI is InChI=1S/C36H30O16.Na/c37-21-4-1-15(7-24(21)40)9-29(33(45)46)51-35(49)20-11-18-13-27(43)28(44)14-19(18)31(17-3-6-23(39)26(42)12-17)32(20)36(50)52-30(34(47)48)10-16-2-5-22(38)25(41)8-16;/h1-8,11-14,29-32,37-44H,9-10H2,(H,45,46)(H,47,48);/q;+1/t29-,30-,31-,32-;/m1./s1. The van der Waals surface area contributed by atoms with E-state index in [2.05, 4.69) is 0 Å². The quantitative estimate of drug-likeness (QED) is 0.0548. The van der Waals surface area contributed by atoms with Crippen LogP contribution in [0, 0.1) is 5.92 Å². The zero-order chi connectivity index (χ0) is 38.0. The predicted molar refractivity (Wildman–Crippen MR) is 175 cm³/mol. The Morgan fingerprint density at radius 1 is 0.566 bits per heavy atom. The summed E-state index contributed by atoms with van der Waals surface area (Å²) >= 11 is 0. The number of hydrogen-bond donors (Lipinski definition) is 10. The van der Waals surface area contributed by atoms with Crippen LogP contribution in [0.5, 0.6) is 46.0 Å². The largest absolute Gasteiger partial charge is 1.00 e. The number of carboxylic acids is 2. The van der Waals surface area contributed by atoms with Crippen LogP contribution in [-0.2, 0) is 41.5 Å². The average molecular weight is 742 g/mol. The molecule has 53 heavy (non-hydrogen) atoms. The fourth-order valence-electron chi connectivity index (χ4n) is 5.76. The molecule has 0 bridgehead atoms. The molecule has 17 heteroatoms. The summed E-state index contributed by atoms with van der Waals surface area (Å²) in [5.41, 5.74) is -0.309. The van der Waals surface area contributed by atoms with Crippen LogP contribution in [0.15, 0.2) is 72.3 Å². The Hall–Kier alpha value is -6.10. The first-order valence-electron chi connectivity index (χ1n) is 15.2. The van der Waals surface area contributed by atoms with E-state index >= 15 is 0 Å². The van der Waals surface area contributed by atoms with E-state index in [0.29, 0.717) is 0 Å². The van der Waals surface area contributed by atoms with Gasteiger partial charge in [-0.25, -0.2) is 14.4 Å². The number of carbonyl (C=O) groups excluding carboxylic acids is 2. The van der Waals surface area contributed by atoms with Crippen LogP contribution in [0.2, 0.25) is 0 Å². The molecule has 4 aromatic rings. The van der Waals surface area contributed by atoms with Crippen molar-refractivity contribution in [3.63, 3.8) is 0 Å². The minimum Gasteiger partial charge on any atom is -0.504 e. The van der Waals surface area contributed by atoms with Crippen molar-refractivity contribution in [2.75, 3.05) is 0 Å². The normalized spacial score (nSPS) is 15.8. The van der Waals surface area contributed by atoms with Gasteiger partial charge in [-0.2, -0.15) is 0 Å². The molecule has 16 nitrogen and oxygen atoms in total. The first-order valence-corrected chi connectivity index (χ1v) is 15.2. The zero-order valence-corrected chi connectivity index (χ0v) is 29.6. The maximum Gasteiger partial charge on any atom is 1.00 e. The van der Waals surface area contributed by atoms with Gasteiger partial charge in [0.2, 0.25) is 12.2 Å². The van der Waals surface area contributed by atoms with Gasteiger partial charge in [-0.05, 0) is 82.4 Å². The van der Waals surface area contributed by atoms with Gasteiger partial charge >= 0.3 is 53.4 Å². The van der Waals surface area contributed by atoms with E-state index in [-0.39, 0.29) is 57.4 Å². The molecule has 1 aliphatic carbocycles. The summed E-state index contributed by atoms with van der Waals surface area (Å²) in [6.07, 6.45) is -3.95. The Kier molecular flexibility index (Phi) is 12.0. The minimum atomic E-state index is -1.97. The number of phenols is 8. The van der Waals surface area contributed by atoms with Crippen LogP contribution in [-0.4, -0.2) is 87.2 Å². The number of fused-ring (bicyclic) bond motifs is 1. The molecule has 0 saturated carbocycles. The summed E-state index contributed by atoms with van der Waals surface area (Å²) in [5, 5.41) is 100. The second-order valence-corrected chi connectivity index (χ2v) is 11.8. The number of aromatic hydroxyl groups is 8. The van der Waals surface area contributed by atoms with Crippen LogP contribution in [0.1, 0.15) is 33.7 Å². The van der Waals surface area contributed by atoms with Gasteiger partial charge in [0, 0.05) is 18.8 Å². The van der Waals surface area contributed by atoms with Gasteiger partial charge in [0.15, 0.2) is 46.0 Å². The Bertz CT molecular complexity index is 2130. The van der Waals surface area contributed by atoms with Crippen molar-refractivity contribution in [1.82, 2.24) is 0 Å². The van der Waals surface area contributed by atoms with E-state index in [4.69, 9.17) is 9.47 Å². The van der Waals surface area contributed by atoms with Crippen molar-refractivity contribution in [1.29, 1.82) is 0 Å². The van der Waals surface area contributed by atoms with E-state index in [1.54, 1.807) is 0 Å². The Labute approximate surface area is 321 Å². The molecule has 0 unspecified atom stereocenters. The summed E-state index contributed by atoms with van der Waals surface area (Å²) in [7, 11) is 0. The summed E-state index contributed by atoms with van der Waals surface area (Å²) in [6, 6.07) is 12.1. The molecule has 0 amide bonds.